The van der Waals surface area contributed by atoms with Crippen LogP contribution in [0.1, 0.15) is 28.9 Å². The molecule has 0 spiro atoms. The first-order chi connectivity index (χ1) is 14.1. The minimum atomic E-state index is -0.383. The number of nitrogens with zero attached hydrogens (tertiary/aromatic N) is 4. The van der Waals surface area contributed by atoms with Gasteiger partial charge in [0, 0.05) is 50.8 Å². The zero-order valence-electron chi connectivity index (χ0n) is 16.7. The van der Waals surface area contributed by atoms with E-state index in [2.05, 4.69) is 25.2 Å². The van der Waals surface area contributed by atoms with Crippen molar-refractivity contribution in [1.29, 1.82) is 0 Å². The van der Waals surface area contributed by atoms with E-state index < -0.39 is 0 Å². The van der Waals surface area contributed by atoms with Gasteiger partial charge in [-0.25, -0.2) is 9.97 Å². The Morgan fingerprint density at radius 3 is 2.72 bits per heavy atom. The predicted octanol–water partition coefficient (Wildman–Crippen LogP) is 1.99. The second-order valence-corrected chi connectivity index (χ2v) is 6.61. The lowest BCUT2D eigenvalue weighted by atomic mass is 10.1. The number of nitrogens with one attached hydrogen (secondary N) is 1. The van der Waals surface area contributed by atoms with Gasteiger partial charge in [0.15, 0.2) is 0 Å². The molecule has 9 nitrogen and oxygen atoms in total. The van der Waals surface area contributed by atoms with Crippen LogP contribution in [0, 0.1) is 0 Å². The number of methoxy groups -OCH3 is 1. The average Bonchev–Trinajstić information content (AvgIpc) is 3.26. The average molecular weight is 398 g/mol. The third-order valence-corrected chi connectivity index (χ3v) is 4.55. The summed E-state index contributed by atoms with van der Waals surface area (Å²) in [4.78, 5) is 27.5. The molecule has 29 heavy (non-hydrogen) atoms. The fourth-order valence-electron chi connectivity index (χ4n) is 3.05. The zero-order chi connectivity index (χ0) is 20.6. The summed E-state index contributed by atoms with van der Waals surface area (Å²) in [5.74, 6) is 0.852. The highest BCUT2D eigenvalue weighted by Crippen LogP contribution is 2.30. The molecule has 2 aromatic rings. The SMILES string of the molecule is CN=Cc1cc(NC(=O)c2cnc(N3CCCC3)cn2)c(OCCOC)cc1N. The van der Waals surface area contributed by atoms with Crippen LogP contribution in [-0.4, -0.2) is 62.6 Å². The number of rotatable bonds is 8. The minimum absolute atomic E-state index is 0.221. The maximum atomic E-state index is 12.7. The molecule has 154 valence electrons. The summed E-state index contributed by atoms with van der Waals surface area (Å²) in [5.41, 5.74) is 7.92. The van der Waals surface area contributed by atoms with Crippen molar-refractivity contribution in [2.24, 2.45) is 4.99 Å². The minimum Gasteiger partial charge on any atom is -0.489 e. The number of nitrogen functional groups attached to an aromatic ring is 1. The number of aromatic nitrogens is 2. The van der Waals surface area contributed by atoms with E-state index >= 15 is 0 Å². The van der Waals surface area contributed by atoms with E-state index in [0.717, 1.165) is 31.7 Å². The number of hydrogen-bond acceptors (Lipinski definition) is 8. The maximum Gasteiger partial charge on any atom is 0.275 e. The van der Waals surface area contributed by atoms with Crippen molar-refractivity contribution in [1.82, 2.24) is 9.97 Å². The van der Waals surface area contributed by atoms with Crippen molar-refractivity contribution in [3.05, 3.63) is 35.8 Å². The molecule has 1 aromatic carbocycles. The second-order valence-electron chi connectivity index (χ2n) is 6.61. The molecule has 1 saturated heterocycles. The molecule has 0 atom stereocenters. The summed E-state index contributed by atoms with van der Waals surface area (Å²) in [6.07, 6.45) is 7.04. The molecule has 1 amide bonds. The highest BCUT2D eigenvalue weighted by Gasteiger charge is 2.17. The van der Waals surface area contributed by atoms with Crippen LogP contribution in [0.25, 0.3) is 0 Å². The summed E-state index contributed by atoms with van der Waals surface area (Å²) in [6, 6.07) is 3.37. The number of amides is 1. The molecule has 0 bridgehead atoms. The van der Waals surface area contributed by atoms with Gasteiger partial charge in [-0.3, -0.25) is 9.79 Å². The van der Waals surface area contributed by atoms with Gasteiger partial charge in [0.2, 0.25) is 0 Å². The number of nitrogens with two attached hydrogens (primary N) is 1. The molecule has 2 heterocycles. The van der Waals surface area contributed by atoms with Crippen LogP contribution in [0.2, 0.25) is 0 Å². The first kappa shape index (κ1) is 20.5. The van der Waals surface area contributed by atoms with E-state index in [1.807, 2.05) is 0 Å². The number of anilines is 3. The van der Waals surface area contributed by atoms with Crippen molar-refractivity contribution in [3.63, 3.8) is 0 Å². The first-order valence-electron chi connectivity index (χ1n) is 9.48. The Labute approximate surface area is 170 Å². The van der Waals surface area contributed by atoms with Crippen molar-refractivity contribution < 1.29 is 14.3 Å². The van der Waals surface area contributed by atoms with E-state index in [9.17, 15) is 4.79 Å². The Balaban J connectivity index is 1.79. The number of aliphatic imine (C=N–C) groups is 1. The molecule has 1 aliphatic heterocycles. The van der Waals surface area contributed by atoms with E-state index in [1.54, 1.807) is 38.7 Å². The highest BCUT2D eigenvalue weighted by atomic mass is 16.5. The van der Waals surface area contributed by atoms with Crippen LogP contribution >= 0.6 is 0 Å². The summed E-state index contributed by atoms with van der Waals surface area (Å²) >= 11 is 0. The highest BCUT2D eigenvalue weighted by molar-refractivity contribution is 6.04. The number of carbonyl (C=O) groups excluding carboxylic acids is 1. The molecule has 3 N–H and O–H groups in total. The van der Waals surface area contributed by atoms with Gasteiger partial charge in [0.1, 0.15) is 23.9 Å². The monoisotopic (exact) mass is 398 g/mol. The van der Waals surface area contributed by atoms with Gasteiger partial charge in [-0.2, -0.15) is 0 Å². The van der Waals surface area contributed by atoms with Gasteiger partial charge in [-0.1, -0.05) is 0 Å². The zero-order valence-corrected chi connectivity index (χ0v) is 16.7. The van der Waals surface area contributed by atoms with Gasteiger partial charge >= 0.3 is 0 Å². The smallest absolute Gasteiger partial charge is 0.275 e. The Hall–Kier alpha value is -3.20. The molecule has 0 saturated carbocycles. The van der Waals surface area contributed by atoms with Gasteiger partial charge < -0.3 is 25.4 Å². The predicted molar refractivity (Wildman–Crippen MR) is 113 cm³/mol. The number of ether oxygens (including phenoxy) is 2. The van der Waals surface area contributed by atoms with Crippen LogP contribution in [0.5, 0.6) is 5.75 Å². The molecule has 0 radical (unpaired) electrons. The van der Waals surface area contributed by atoms with Crippen LogP contribution in [0.3, 0.4) is 0 Å². The Kier molecular flexibility index (Phi) is 6.96. The van der Waals surface area contributed by atoms with E-state index in [0.29, 0.717) is 35.9 Å². The number of carbonyl (C=O) groups is 1. The van der Waals surface area contributed by atoms with E-state index in [1.165, 1.54) is 6.20 Å². The summed E-state index contributed by atoms with van der Waals surface area (Å²) in [5, 5.41) is 2.83. The molecule has 0 unspecified atom stereocenters. The Bertz CT molecular complexity index is 863. The lowest BCUT2D eigenvalue weighted by molar-refractivity contribution is 0.102. The topological polar surface area (TPSA) is 115 Å². The summed E-state index contributed by atoms with van der Waals surface area (Å²) in [7, 11) is 3.24. The fraction of sp³-hybridized carbons (Fsp3) is 0.400. The van der Waals surface area contributed by atoms with Crippen molar-refractivity contribution in [2.45, 2.75) is 12.8 Å². The van der Waals surface area contributed by atoms with Crippen molar-refractivity contribution >= 4 is 29.3 Å². The number of hydrogen-bond donors (Lipinski definition) is 2. The van der Waals surface area contributed by atoms with Gasteiger partial charge in [-0.05, 0) is 18.9 Å². The molecule has 3 rings (SSSR count). The van der Waals surface area contributed by atoms with Crippen LogP contribution in [-0.2, 0) is 4.74 Å². The van der Waals surface area contributed by atoms with E-state index in [4.69, 9.17) is 15.2 Å². The van der Waals surface area contributed by atoms with Crippen LogP contribution in [0.15, 0.2) is 29.5 Å². The standard InChI is InChI=1S/C20H26N6O3/c1-22-11-14-9-16(18(10-15(14)21)29-8-7-28-2)25-20(27)17-12-24-19(13-23-17)26-5-3-4-6-26/h9-13H,3-8,21H2,1-2H3,(H,25,27). The quantitative estimate of drug-likeness (QED) is 0.397. The third kappa shape index (κ3) is 5.20. The van der Waals surface area contributed by atoms with Gasteiger partial charge in [-0.15, -0.1) is 0 Å². The van der Waals surface area contributed by atoms with E-state index in [-0.39, 0.29) is 11.6 Å². The third-order valence-electron chi connectivity index (χ3n) is 4.55. The number of benzene rings is 1. The summed E-state index contributed by atoms with van der Waals surface area (Å²) < 4.78 is 10.7. The Morgan fingerprint density at radius 2 is 2.07 bits per heavy atom. The molecule has 9 heteroatoms. The molecular formula is C20H26N6O3. The molecule has 1 aromatic heterocycles. The largest absolute Gasteiger partial charge is 0.489 e. The fourth-order valence-corrected chi connectivity index (χ4v) is 3.05. The maximum absolute atomic E-state index is 12.7. The molecule has 1 fully saturated rings. The lowest BCUT2D eigenvalue weighted by Gasteiger charge is -2.16. The normalized spacial score (nSPS) is 13.8. The van der Waals surface area contributed by atoms with Gasteiger partial charge in [0.25, 0.3) is 5.91 Å². The summed E-state index contributed by atoms with van der Waals surface area (Å²) in [6.45, 7) is 2.67. The molecule has 1 aliphatic rings. The Morgan fingerprint density at radius 1 is 1.28 bits per heavy atom. The first-order valence-corrected chi connectivity index (χ1v) is 9.48. The molecule has 0 aliphatic carbocycles. The van der Waals surface area contributed by atoms with Crippen LogP contribution < -0.4 is 20.7 Å². The van der Waals surface area contributed by atoms with Crippen LogP contribution in [0.4, 0.5) is 17.2 Å². The van der Waals surface area contributed by atoms with Crippen molar-refractivity contribution in [3.8, 4) is 5.75 Å². The lowest BCUT2D eigenvalue weighted by Crippen LogP contribution is -2.21. The second kappa shape index (κ2) is 9.83. The molecular weight excluding hydrogens is 372 g/mol. The van der Waals surface area contributed by atoms with Crippen molar-refractivity contribution in [2.75, 3.05) is 56.4 Å². The van der Waals surface area contributed by atoms with Gasteiger partial charge in [0.05, 0.1) is 24.7 Å².